The molecule has 0 radical (unpaired) electrons. The van der Waals surface area contributed by atoms with Gasteiger partial charge in [0.2, 0.25) is 0 Å². The Labute approximate surface area is 153 Å². The van der Waals surface area contributed by atoms with E-state index in [1.54, 1.807) is 24.3 Å². The summed E-state index contributed by atoms with van der Waals surface area (Å²) in [4.78, 5) is 33.0. The number of benzene rings is 1. The number of nitrogens with zero attached hydrogens (tertiary/aromatic N) is 3. The number of imide groups is 1. The zero-order chi connectivity index (χ0) is 18.1. The Hall–Kier alpha value is -2.53. The van der Waals surface area contributed by atoms with E-state index < -0.39 is 0 Å². The van der Waals surface area contributed by atoms with Gasteiger partial charge in [0, 0.05) is 25.0 Å². The van der Waals surface area contributed by atoms with Crippen molar-refractivity contribution >= 4 is 11.8 Å². The van der Waals surface area contributed by atoms with Gasteiger partial charge < -0.3 is 0 Å². The number of piperidine rings is 1. The van der Waals surface area contributed by atoms with Crippen molar-refractivity contribution in [2.45, 2.75) is 31.7 Å². The Kier molecular flexibility index (Phi) is 4.55. The molecule has 1 unspecified atom stereocenters. The summed E-state index contributed by atoms with van der Waals surface area (Å²) in [6.07, 6.45) is 5.89. The third-order valence-corrected chi connectivity index (χ3v) is 5.66. The van der Waals surface area contributed by atoms with E-state index in [4.69, 9.17) is 0 Å². The minimum Gasteiger partial charge on any atom is -0.299 e. The molecule has 2 amide bonds. The van der Waals surface area contributed by atoms with Crippen LogP contribution in [0, 0.1) is 0 Å². The monoisotopic (exact) mass is 349 g/mol. The first kappa shape index (κ1) is 16.9. The average Bonchev–Trinajstić information content (AvgIpc) is 2.94. The molecule has 0 saturated carbocycles. The standard InChI is InChI=1S/C21H23N3O2/c1-15(14-24-20(25)18-4-2-3-5-19(18)21(24)26)23-12-8-17(9-13-23)16-6-10-22-11-7-16/h2-7,10-11,15,17H,8-9,12-14H2,1H3. The lowest BCUT2D eigenvalue weighted by atomic mass is 9.89. The van der Waals surface area contributed by atoms with E-state index in [1.165, 1.54) is 10.5 Å². The average molecular weight is 349 g/mol. The smallest absolute Gasteiger partial charge is 0.261 e. The number of hydrogen-bond donors (Lipinski definition) is 0. The van der Waals surface area contributed by atoms with Crippen molar-refractivity contribution in [3.05, 3.63) is 65.5 Å². The molecular formula is C21H23N3O2. The predicted molar refractivity (Wildman–Crippen MR) is 99.1 cm³/mol. The van der Waals surface area contributed by atoms with Crippen molar-refractivity contribution in [1.82, 2.24) is 14.8 Å². The van der Waals surface area contributed by atoms with Crippen LogP contribution in [0.4, 0.5) is 0 Å². The van der Waals surface area contributed by atoms with E-state index in [9.17, 15) is 9.59 Å². The van der Waals surface area contributed by atoms with Gasteiger partial charge in [0.05, 0.1) is 11.1 Å². The Bertz CT molecular complexity index is 778. The fourth-order valence-electron chi connectivity index (χ4n) is 4.09. The maximum Gasteiger partial charge on any atom is 0.261 e. The molecule has 0 spiro atoms. The molecule has 4 rings (SSSR count). The van der Waals surface area contributed by atoms with Crippen LogP contribution in [0.25, 0.3) is 0 Å². The number of carbonyl (C=O) groups excluding carboxylic acids is 2. The minimum atomic E-state index is -0.163. The van der Waals surface area contributed by atoms with Crippen LogP contribution < -0.4 is 0 Å². The van der Waals surface area contributed by atoms with Crippen molar-refractivity contribution in [2.75, 3.05) is 19.6 Å². The van der Waals surface area contributed by atoms with E-state index in [0.29, 0.717) is 23.6 Å². The first-order valence-electron chi connectivity index (χ1n) is 9.24. The van der Waals surface area contributed by atoms with Gasteiger partial charge in [-0.3, -0.25) is 24.4 Å². The van der Waals surface area contributed by atoms with Gasteiger partial charge in [0.25, 0.3) is 11.8 Å². The molecule has 2 aromatic rings. The highest BCUT2D eigenvalue weighted by Gasteiger charge is 2.37. The fourth-order valence-corrected chi connectivity index (χ4v) is 4.09. The molecule has 134 valence electrons. The highest BCUT2D eigenvalue weighted by molar-refractivity contribution is 6.21. The second-order valence-electron chi connectivity index (χ2n) is 7.21. The van der Waals surface area contributed by atoms with Gasteiger partial charge in [-0.25, -0.2) is 0 Å². The normalized spacial score (nSPS) is 19.7. The van der Waals surface area contributed by atoms with E-state index in [0.717, 1.165) is 25.9 Å². The first-order valence-corrected chi connectivity index (χ1v) is 9.24. The van der Waals surface area contributed by atoms with Gasteiger partial charge in [0.15, 0.2) is 0 Å². The zero-order valence-corrected chi connectivity index (χ0v) is 15.0. The number of pyridine rings is 1. The van der Waals surface area contributed by atoms with Crippen molar-refractivity contribution in [3.63, 3.8) is 0 Å². The topological polar surface area (TPSA) is 53.5 Å². The van der Waals surface area contributed by atoms with E-state index >= 15 is 0 Å². The number of rotatable bonds is 4. The summed E-state index contributed by atoms with van der Waals surface area (Å²) in [6, 6.07) is 11.4. The number of aromatic nitrogens is 1. The van der Waals surface area contributed by atoms with Crippen LogP contribution in [-0.2, 0) is 0 Å². The zero-order valence-electron chi connectivity index (χ0n) is 15.0. The van der Waals surface area contributed by atoms with Crippen LogP contribution >= 0.6 is 0 Å². The number of likely N-dealkylation sites (tertiary alicyclic amines) is 1. The summed E-state index contributed by atoms with van der Waals surface area (Å²) in [5.74, 6) is 0.244. The van der Waals surface area contributed by atoms with E-state index in [-0.39, 0.29) is 17.9 Å². The molecule has 26 heavy (non-hydrogen) atoms. The molecule has 1 fully saturated rings. The number of amides is 2. The molecule has 5 heteroatoms. The van der Waals surface area contributed by atoms with Crippen LogP contribution in [0.2, 0.25) is 0 Å². The summed E-state index contributed by atoms with van der Waals surface area (Å²) < 4.78 is 0. The number of fused-ring (bicyclic) bond motifs is 1. The van der Waals surface area contributed by atoms with E-state index in [1.807, 2.05) is 12.4 Å². The lowest BCUT2D eigenvalue weighted by Gasteiger charge is -2.37. The van der Waals surface area contributed by atoms with Gasteiger partial charge in [0.1, 0.15) is 0 Å². The lowest BCUT2D eigenvalue weighted by Crippen LogP contribution is -2.47. The van der Waals surface area contributed by atoms with Crippen LogP contribution in [-0.4, -0.2) is 52.3 Å². The second kappa shape index (κ2) is 7.00. The Morgan fingerprint density at radius 1 is 1.00 bits per heavy atom. The van der Waals surface area contributed by atoms with Crippen molar-refractivity contribution in [3.8, 4) is 0 Å². The predicted octanol–water partition coefficient (Wildman–Crippen LogP) is 2.95. The molecule has 1 aromatic heterocycles. The Balaban J connectivity index is 1.37. The summed E-state index contributed by atoms with van der Waals surface area (Å²) >= 11 is 0. The fraction of sp³-hybridized carbons (Fsp3) is 0.381. The third-order valence-electron chi connectivity index (χ3n) is 5.66. The molecule has 1 atom stereocenters. The van der Waals surface area contributed by atoms with Gasteiger partial charge in [-0.2, -0.15) is 0 Å². The number of carbonyl (C=O) groups is 2. The van der Waals surface area contributed by atoms with Crippen molar-refractivity contribution < 1.29 is 9.59 Å². The molecule has 3 heterocycles. The van der Waals surface area contributed by atoms with Gasteiger partial charge in [-0.05, 0) is 68.6 Å². The largest absolute Gasteiger partial charge is 0.299 e. The first-order chi connectivity index (χ1) is 12.6. The Morgan fingerprint density at radius 2 is 1.58 bits per heavy atom. The highest BCUT2D eigenvalue weighted by Crippen LogP contribution is 2.29. The van der Waals surface area contributed by atoms with Crippen LogP contribution in [0.5, 0.6) is 0 Å². The third kappa shape index (κ3) is 3.03. The molecule has 1 aromatic carbocycles. The van der Waals surface area contributed by atoms with Crippen LogP contribution in [0.15, 0.2) is 48.8 Å². The second-order valence-corrected chi connectivity index (χ2v) is 7.21. The summed E-state index contributed by atoms with van der Waals surface area (Å²) in [5, 5.41) is 0. The van der Waals surface area contributed by atoms with Gasteiger partial charge >= 0.3 is 0 Å². The highest BCUT2D eigenvalue weighted by atomic mass is 16.2. The number of hydrogen-bond acceptors (Lipinski definition) is 4. The van der Waals surface area contributed by atoms with Gasteiger partial charge in [-0.15, -0.1) is 0 Å². The summed E-state index contributed by atoms with van der Waals surface area (Å²) in [5.41, 5.74) is 2.41. The van der Waals surface area contributed by atoms with Crippen molar-refractivity contribution in [2.24, 2.45) is 0 Å². The molecule has 0 N–H and O–H groups in total. The SMILES string of the molecule is CC(CN1C(=O)c2ccccc2C1=O)N1CCC(c2ccncc2)CC1. The quantitative estimate of drug-likeness (QED) is 0.797. The molecule has 5 nitrogen and oxygen atoms in total. The maximum absolute atomic E-state index is 12.5. The Morgan fingerprint density at radius 3 is 2.15 bits per heavy atom. The lowest BCUT2D eigenvalue weighted by molar-refractivity contribution is 0.0579. The maximum atomic E-state index is 12.5. The molecule has 2 aliphatic rings. The minimum absolute atomic E-state index is 0.163. The molecule has 0 bridgehead atoms. The molecule has 2 aliphatic heterocycles. The summed E-state index contributed by atoms with van der Waals surface area (Å²) in [6.45, 7) is 4.53. The molecule has 1 saturated heterocycles. The van der Waals surface area contributed by atoms with Crippen LogP contribution in [0.1, 0.15) is 52.0 Å². The van der Waals surface area contributed by atoms with Crippen molar-refractivity contribution in [1.29, 1.82) is 0 Å². The molecule has 0 aliphatic carbocycles. The molecular weight excluding hydrogens is 326 g/mol. The van der Waals surface area contributed by atoms with Gasteiger partial charge in [-0.1, -0.05) is 12.1 Å². The summed E-state index contributed by atoms with van der Waals surface area (Å²) in [7, 11) is 0. The van der Waals surface area contributed by atoms with Crippen LogP contribution in [0.3, 0.4) is 0 Å². The van der Waals surface area contributed by atoms with E-state index in [2.05, 4.69) is 28.9 Å².